The molecule has 0 rings (SSSR count). The second kappa shape index (κ2) is 8.04. The quantitative estimate of drug-likeness (QED) is 0.646. The van der Waals surface area contributed by atoms with Crippen molar-refractivity contribution in [2.45, 2.75) is 52.1 Å². The van der Waals surface area contributed by atoms with E-state index in [0.717, 1.165) is 26.1 Å². The number of ether oxygens (including phenoxy) is 1. The highest BCUT2D eigenvalue weighted by molar-refractivity contribution is 4.72. The molecule has 0 aliphatic rings. The van der Waals surface area contributed by atoms with Crippen molar-refractivity contribution in [1.82, 2.24) is 10.2 Å². The summed E-state index contributed by atoms with van der Waals surface area (Å²) >= 11 is 0. The lowest BCUT2D eigenvalue weighted by Crippen LogP contribution is -2.39. The summed E-state index contributed by atoms with van der Waals surface area (Å²) in [6, 6.07) is 0.631. The molecule has 0 aliphatic carbocycles. The minimum Gasteiger partial charge on any atom is -0.385 e. The average Bonchev–Trinajstić information content (AvgIpc) is 2.15. The Kier molecular flexibility index (Phi) is 7.98. The summed E-state index contributed by atoms with van der Waals surface area (Å²) in [6.07, 6.45) is 2.31. The fourth-order valence-corrected chi connectivity index (χ4v) is 1.56. The van der Waals surface area contributed by atoms with Gasteiger partial charge in [0.15, 0.2) is 0 Å². The molecule has 0 fully saturated rings. The van der Waals surface area contributed by atoms with Crippen LogP contribution in [-0.2, 0) is 4.74 Å². The van der Waals surface area contributed by atoms with E-state index in [1.54, 1.807) is 7.11 Å². The van der Waals surface area contributed by atoms with Crippen LogP contribution in [0.2, 0.25) is 0 Å². The summed E-state index contributed by atoms with van der Waals surface area (Å²) in [5.41, 5.74) is 0.230. The Morgan fingerprint density at radius 1 is 1.31 bits per heavy atom. The Labute approximate surface area is 102 Å². The maximum atomic E-state index is 5.06. The standard InChI is InChI=1S/C13H30N2O/c1-12(8-9-14-13(2,3)4)15(5)10-7-11-16-6/h12,14H,7-11H2,1-6H3. The lowest BCUT2D eigenvalue weighted by atomic mass is 10.1. The van der Waals surface area contributed by atoms with Gasteiger partial charge in [-0.25, -0.2) is 0 Å². The van der Waals surface area contributed by atoms with Gasteiger partial charge in [0.25, 0.3) is 0 Å². The van der Waals surface area contributed by atoms with E-state index in [-0.39, 0.29) is 5.54 Å². The van der Waals surface area contributed by atoms with Crippen LogP contribution in [0.5, 0.6) is 0 Å². The van der Waals surface area contributed by atoms with Crippen LogP contribution in [-0.4, -0.2) is 50.3 Å². The smallest absolute Gasteiger partial charge is 0.0474 e. The van der Waals surface area contributed by atoms with Gasteiger partial charge >= 0.3 is 0 Å². The number of rotatable bonds is 8. The molecular weight excluding hydrogens is 200 g/mol. The zero-order valence-corrected chi connectivity index (χ0v) is 12.0. The topological polar surface area (TPSA) is 24.5 Å². The highest BCUT2D eigenvalue weighted by Crippen LogP contribution is 2.04. The molecule has 16 heavy (non-hydrogen) atoms. The predicted octanol–water partition coefficient (Wildman–Crippen LogP) is 2.12. The molecule has 1 N–H and O–H groups in total. The molecule has 0 radical (unpaired) electrons. The highest BCUT2D eigenvalue weighted by Gasteiger charge is 2.11. The third-order valence-electron chi connectivity index (χ3n) is 2.83. The van der Waals surface area contributed by atoms with Gasteiger partial charge in [-0.3, -0.25) is 0 Å². The summed E-state index contributed by atoms with van der Waals surface area (Å²) in [6.45, 7) is 12.0. The summed E-state index contributed by atoms with van der Waals surface area (Å²) in [4.78, 5) is 2.41. The molecule has 0 saturated carbocycles. The Morgan fingerprint density at radius 3 is 2.44 bits per heavy atom. The molecule has 0 amide bonds. The van der Waals surface area contributed by atoms with E-state index in [4.69, 9.17) is 4.74 Å². The van der Waals surface area contributed by atoms with Gasteiger partial charge in [0, 0.05) is 31.8 Å². The Hall–Kier alpha value is -0.120. The van der Waals surface area contributed by atoms with Crippen LogP contribution in [0.3, 0.4) is 0 Å². The first-order valence-electron chi connectivity index (χ1n) is 6.31. The van der Waals surface area contributed by atoms with Gasteiger partial charge in [-0.1, -0.05) is 0 Å². The van der Waals surface area contributed by atoms with Crippen LogP contribution < -0.4 is 5.32 Å². The van der Waals surface area contributed by atoms with E-state index >= 15 is 0 Å². The number of hydrogen-bond acceptors (Lipinski definition) is 3. The first-order chi connectivity index (χ1) is 7.37. The zero-order chi connectivity index (χ0) is 12.6. The normalized spacial score (nSPS) is 14.4. The van der Waals surface area contributed by atoms with Crippen molar-refractivity contribution in [3.63, 3.8) is 0 Å². The van der Waals surface area contributed by atoms with Crippen molar-refractivity contribution in [2.75, 3.05) is 33.9 Å². The number of nitrogens with one attached hydrogen (secondary N) is 1. The van der Waals surface area contributed by atoms with Crippen LogP contribution in [0, 0.1) is 0 Å². The molecule has 0 saturated heterocycles. The maximum Gasteiger partial charge on any atom is 0.0474 e. The van der Waals surface area contributed by atoms with Gasteiger partial charge in [-0.2, -0.15) is 0 Å². The first-order valence-corrected chi connectivity index (χ1v) is 6.31. The first kappa shape index (κ1) is 15.9. The lowest BCUT2D eigenvalue weighted by Gasteiger charge is -2.27. The molecular formula is C13H30N2O. The minimum atomic E-state index is 0.230. The largest absolute Gasteiger partial charge is 0.385 e. The number of hydrogen-bond donors (Lipinski definition) is 1. The molecule has 98 valence electrons. The Morgan fingerprint density at radius 2 is 1.94 bits per heavy atom. The Bertz CT molecular complexity index is 166. The van der Waals surface area contributed by atoms with Crippen molar-refractivity contribution in [2.24, 2.45) is 0 Å². The highest BCUT2D eigenvalue weighted by atomic mass is 16.5. The van der Waals surface area contributed by atoms with Gasteiger partial charge in [0.2, 0.25) is 0 Å². The summed E-state index contributed by atoms with van der Waals surface area (Å²) in [5.74, 6) is 0. The van der Waals surface area contributed by atoms with Crippen molar-refractivity contribution in [3.05, 3.63) is 0 Å². The van der Waals surface area contributed by atoms with Crippen molar-refractivity contribution in [3.8, 4) is 0 Å². The minimum absolute atomic E-state index is 0.230. The third kappa shape index (κ3) is 9.13. The molecule has 1 unspecified atom stereocenters. The molecule has 0 spiro atoms. The summed E-state index contributed by atoms with van der Waals surface area (Å²) in [7, 11) is 3.95. The van der Waals surface area contributed by atoms with E-state index in [9.17, 15) is 0 Å². The van der Waals surface area contributed by atoms with Crippen LogP contribution in [0.25, 0.3) is 0 Å². The van der Waals surface area contributed by atoms with Crippen LogP contribution in [0.15, 0.2) is 0 Å². The Balaban J connectivity index is 3.58. The van der Waals surface area contributed by atoms with E-state index in [2.05, 4.69) is 45.0 Å². The van der Waals surface area contributed by atoms with Crippen molar-refractivity contribution < 1.29 is 4.74 Å². The SMILES string of the molecule is COCCCN(C)C(C)CCNC(C)(C)C. The molecule has 0 aromatic rings. The van der Waals surface area contributed by atoms with Crippen LogP contribution in [0.4, 0.5) is 0 Å². The van der Waals surface area contributed by atoms with Crippen LogP contribution in [0.1, 0.15) is 40.5 Å². The van der Waals surface area contributed by atoms with Gasteiger partial charge in [-0.15, -0.1) is 0 Å². The van der Waals surface area contributed by atoms with E-state index < -0.39 is 0 Å². The number of nitrogens with zero attached hydrogens (tertiary/aromatic N) is 1. The second-order valence-electron chi connectivity index (χ2n) is 5.64. The van der Waals surface area contributed by atoms with Crippen molar-refractivity contribution >= 4 is 0 Å². The second-order valence-corrected chi connectivity index (χ2v) is 5.64. The average molecular weight is 230 g/mol. The molecule has 0 bridgehead atoms. The summed E-state index contributed by atoms with van der Waals surface area (Å²) < 4.78 is 5.06. The molecule has 1 atom stereocenters. The van der Waals surface area contributed by atoms with Gasteiger partial charge in [-0.05, 0) is 54.1 Å². The third-order valence-corrected chi connectivity index (χ3v) is 2.83. The maximum absolute atomic E-state index is 5.06. The van der Waals surface area contributed by atoms with E-state index in [1.807, 2.05) is 0 Å². The van der Waals surface area contributed by atoms with Gasteiger partial charge < -0.3 is 15.0 Å². The van der Waals surface area contributed by atoms with E-state index in [1.165, 1.54) is 6.42 Å². The number of methoxy groups -OCH3 is 1. The fraction of sp³-hybridized carbons (Fsp3) is 1.00. The van der Waals surface area contributed by atoms with Crippen molar-refractivity contribution in [1.29, 1.82) is 0 Å². The molecule has 0 aromatic carbocycles. The summed E-state index contributed by atoms with van der Waals surface area (Å²) in [5, 5.41) is 3.52. The monoisotopic (exact) mass is 230 g/mol. The van der Waals surface area contributed by atoms with E-state index in [0.29, 0.717) is 6.04 Å². The molecule has 0 aliphatic heterocycles. The lowest BCUT2D eigenvalue weighted by molar-refractivity contribution is 0.165. The van der Waals surface area contributed by atoms with Gasteiger partial charge in [0.05, 0.1) is 0 Å². The predicted molar refractivity (Wildman–Crippen MR) is 71.0 cm³/mol. The van der Waals surface area contributed by atoms with Gasteiger partial charge in [0.1, 0.15) is 0 Å². The molecule has 0 aromatic heterocycles. The zero-order valence-electron chi connectivity index (χ0n) is 12.0. The fourth-order valence-electron chi connectivity index (χ4n) is 1.56. The van der Waals surface area contributed by atoms with Crippen LogP contribution >= 0.6 is 0 Å². The molecule has 3 nitrogen and oxygen atoms in total. The molecule has 3 heteroatoms. The molecule has 0 heterocycles.